The van der Waals surface area contributed by atoms with Crippen molar-refractivity contribution in [3.8, 4) is 11.5 Å². The van der Waals surface area contributed by atoms with Gasteiger partial charge in [-0.2, -0.15) is 0 Å². The molecule has 0 radical (unpaired) electrons. The molecule has 22 heavy (non-hydrogen) atoms. The number of carbonyl (C=O) groups is 2. The Bertz CT molecular complexity index is 1030. The van der Waals surface area contributed by atoms with Crippen LogP contribution in [0.25, 0.3) is 27.6 Å². The number of hydrogen-bond donors (Lipinski definition) is 2. The Kier molecular flexibility index (Phi) is 2.39. The molecule has 3 aromatic carbocycles. The highest BCUT2D eigenvalue weighted by Crippen LogP contribution is 2.36. The standard InChI is InChI=1S/C18H10O4/c19-15-3-1-9-5-11-6-10-2-4-16(20)18(22)14(10)8-12(11)7-13(9)17(15)21/h1-8,19,21H. The minimum atomic E-state index is -0.534. The number of phenols is 2. The van der Waals surface area contributed by atoms with E-state index >= 15 is 0 Å². The zero-order valence-corrected chi connectivity index (χ0v) is 11.3. The number of rotatable bonds is 0. The van der Waals surface area contributed by atoms with Gasteiger partial charge in [-0.15, -0.1) is 0 Å². The Balaban J connectivity index is 2.10. The number of Topliss-reactive ketones (excluding diaryl/α,β-unsaturated/α-hetero) is 1. The number of fused-ring (bicyclic) bond motifs is 3. The van der Waals surface area contributed by atoms with Crippen molar-refractivity contribution in [1.29, 1.82) is 0 Å². The molecule has 0 unspecified atom stereocenters. The molecule has 4 rings (SSSR count). The molecule has 0 heterocycles. The van der Waals surface area contributed by atoms with Crippen LogP contribution in [0.4, 0.5) is 0 Å². The van der Waals surface area contributed by atoms with Crippen LogP contribution in [0, 0.1) is 0 Å². The number of allylic oxidation sites excluding steroid dienone is 1. The molecule has 0 amide bonds. The highest BCUT2D eigenvalue weighted by molar-refractivity contribution is 6.50. The second-order valence-corrected chi connectivity index (χ2v) is 5.32. The van der Waals surface area contributed by atoms with E-state index in [0.717, 1.165) is 16.2 Å². The summed E-state index contributed by atoms with van der Waals surface area (Å²) in [5, 5.41) is 22.5. The van der Waals surface area contributed by atoms with Gasteiger partial charge in [0.1, 0.15) is 0 Å². The van der Waals surface area contributed by atoms with Gasteiger partial charge in [0.05, 0.1) is 0 Å². The van der Waals surface area contributed by atoms with Crippen molar-refractivity contribution in [3.63, 3.8) is 0 Å². The van der Waals surface area contributed by atoms with E-state index in [4.69, 9.17) is 0 Å². The van der Waals surface area contributed by atoms with Gasteiger partial charge in [0.15, 0.2) is 11.5 Å². The molecular weight excluding hydrogens is 280 g/mol. The first kappa shape index (κ1) is 12.6. The average Bonchev–Trinajstić information content (AvgIpc) is 2.52. The Morgan fingerprint density at radius 1 is 0.773 bits per heavy atom. The first-order chi connectivity index (χ1) is 10.5. The molecule has 1 aliphatic carbocycles. The molecule has 0 atom stereocenters. The summed E-state index contributed by atoms with van der Waals surface area (Å²) in [7, 11) is 0. The van der Waals surface area contributed by atoms with Crippen molar-refractivity contribution in [3.05, 3.63) is 53.6 Å². The first-order valence-electron chi connectivity index (χ1n) is 6.74. The summed E-state index contributed by atoms with van der Waals surface area (Å²) in [5.74, 6) is -1.45. The van der Waals surface area contributed by atoms with Crippen LogP contribution in [0.1, 0.15) is 15.9 Å². The fraction of sp³-hybridized carbons (Fsp3) is 0. The summed E-state index contributed by atoms with van der Waals surface area (Å²) in [6.45, 7) is 0. The van der Waals surface area contributed by atoms with Crippen molar-refractivity contribution >= 4 is 39.2 Å². The monoisotopic (exact) mass is 290 g/mol. The minimum absolute atomic E-state index is 0.195. The third kappa shape index (κ3) is 1.64. The molecule has 3 aromatic rings. The maximum absolute atomic E-state index is 12.0. The van der Waals surface area contributed by atoms with Crippen molar-refractivity contribution in [1.82, 2.24) is 0 Å². The summed E-state index contributed by atoms with van der Waals surface area (Å²) in [6, 6.07) is 10.2. The van der Waals surface area contributed by atoms with Crippen LogP contribution in [0.3, 0.4) is 0 Å². The number of phenolic OH excluding ortho intramolecular Hbond substituents is 2. The maximum Gasteiger partial charge on any atom is 0.233 e. The predicted molar refractivity (Wildman–Crippen MR) is 83.2 cm³/mol. The largest absolute Gasteiger partial charge is 0.504 e. The number of carbonyl (C=O) groups excluding carboxylic acids is 2. The van der Waals surface area contributed by atoms with Crippen molar-refractivity contribution in [2.45, 2.75) is 0 Å². The maximum atomic E-state index is 12.0. The van der Waals surface area contributed by atoms with Crippen LogP contribution in [-0.2, 0) is 4.79 Å². The molecule has 106 valence electrons. The van der Waals surface area contributed by atoms with Crippen LogP contribution in [0.15, 0.2) is 42.5 Å². The Labute approximate surface area is 124 Å². The third-order valence-electron chi connectivity index (χ3n) is 3.98. The molecule has 4 nitrogen and oxygen atoms in total. The molecule has 0 fully saturated rings. The number of hydrogen-bond acceptors (Lipinski definition) is 4. The molecule has 0 saturated carbocycles. The van der Waals surface area contributed by atoms with Crippen molar-refractivity contribution < 1.29 is 19.8 Å². The van der Waals surface area contributed by atoms with Gasteiger partial charge in [0.25, 0.3) is 0 Å². The Hall–Kier alpha value is -3.14. The van der Waals surface area contributed by atoms with E-state index in [0.29, 0.717) is 16.5 Å². The summed E-state index contributed by atoms with van der Waals surface area (Å²) in [5.41, 5.74) is 1.07. The van der Waals surface area contributed by atoms with E-state index in [2.05, 4.69) is 0 Å². The lowest BCUT2D eigenvalue weighted by Crippen LogP contribution is -2.15. The van der Waals surface area contributed by atoms with E-state index in [1.807, 2.05) is 12.1 Å². The number of benzene rings is 3. The van der Waals surface area contributed by atoms with Crippen LogP contribution < -0.4 is 0 Å². The second kappa shape index (κ2) is 4.18. The van der Waals surface area contributed by atoms with Gasteiger partial charge >= 0.3 is 0 Å². The van der Waals surface area contributed by atoms with Crippen LogP contribution in [-0.4, -0.2) is 21.8 Å². The molecule has 1 aliphatic rings. The van der Waals surface area contributed by atoms with Crippen LogP contribution in [0.5, 0.6) is 11.5 Å². The highest BCUT2D eigenvalue weighted by Gasteiger charge is 2.21. The smallest absolute Gasteiger partial charge is 0.233 e. The number of aromatic hydroxyl groups is 2. The lowest BCUT2D eigenvalue weighted by molar-refractivity contribution is -0.110. The first-order valence-corrected chi connectivity index (χ1v) is 6.74. The van der Waals surface area contributed by atoms with Gasteiger partial charge in [-0.1, -0.05) is 12.1 Å². The molecule has 2 N–H and O–H groups in total. The fourth-order valence-electron chi connectivity index (χ4n) is 2.82. The van der Waals surface area contributed by atoms with Gasteiger partial charge in [-0.05, 0) is 58.1 Å². The zero-order chi connectivity index (χ0) is 15.4. The molecule has 0 aromatic heterocycles. The third-order valence-corrected chi connectivity index (χ3v) is 3.98. The lowest BCUT2D eigenvalue weighted by atomic mass is 9.91. The normalized spacial score (nSPS) is 13.8. The lowest BCUT2D eigenvalue weighted by Gasteiger charge is -2.12. The van der Waals surface area contributed by atoms with E-state index < -0.39 is 11.6 Å². The van der Waals surface area contributed by atoms with E-state index in [9.17, 15) is 19.8 Å². The topological polar surface area (TPSA) is 74.6 Å². The summed E-state index contributed by atoms with van der Waals surface area (Å²) in [6.07, 6.45) is 2.92. The minimum Gasteiger partial charge on any atom is -0.504 e. The Morgan fingerprint density at radius 2 is 1.55 bits per heavy atom. The van der Waals surface area contributed by atoms with Crippen LogP contribution >= 0.6 is 0 Å². The molecule has 0 spiro atoms. The molecule has 4 heteroatoms. The van der Waals surface area contributed by atoms with Gasteiger partial charge < -0.3 is 10.2 Å². The summed E-state index contributed by atoms with van der Waals surface area (Å²) >= 11 is 0. The van der Waals surface area contributed by atoms with Crippen LogP contribution in [0.2, 0.25) is 0 Å². The Morgan fingerprint density at radius 3 is 2.36 bits per heavy atom. The van der Waals surface area contributed by atoms with Gasteiger partial charge in [0, 0.05) is 10.9 Å². The molecule has 0 bridgehead atoms. The predicted octanol–water partition coefficient (Wildman–Crippen LogP) is 3.18. The SMILES string of the molecule is O=C1C=Cc2cc3cc4ccc(O)c(O)c4cc3cc2C1=O. The molecular formula is C18H10O4. The van der Waals surface area contributed by atoms with Crippen molar-refractivity contribution in [2.24, 2.45) is 0 Å². The second-order valence-electron chi connectivity index (χ2n) is 5.32. The van der Waals surface area contributed by atoms with Gasteiger partial charge in [0.2, 0.25) is 11.6 Å². The fourth-order valence-corrected chi connectivity index (χ4v) is 2.82. The summed E-state index contributed by atoms with van der Waals surface area (Å²) < 4.78 is 0. The van der Waals surface area contributed by atoms with E-state index in [1.54, 1.807) is 24.3 Å². The van der Waals surface area contributed by atoms with E-state index in [-0.39, 0.29) is 11.5 Å². The van der Waals surface area contributed by atoms with E-state index in [1.165, 1.54) is 12.1 Å². The highest BCUT2D eigenvalue weighted by atomic mass is 16.3. The van der Waals surface area contributed by atoms with Gasteiger partial charge in [-0.25, -0.2) is 0 Å². The molecule has 0 saturated heterocycles. The van der Waals surface area contributed by atoms with Crippen molar-refractivity contribution in [2.75, 3.05) is 0 Å². The number of ketones is 2. The molecule has 0 aliphatic heterocycles. The zero-order valence-electron chi connectivity index (χ0n) is 11.3. The quantitative estimate of drug-likeness (QED) is 0.379. The average molecular weight is 290 g/mol. The summed E-state index contributed by atoms with van der Waals surface area (Å²) in [4.78, 5) is 23.4. The van der Waals surface area contributed by atoms with Gasteiger partial charge in [-0.3, -0.25) is 9.59 Å².